The summed E-state index contributed by atoms with van der Waals surface area (Å²) in [6, 6.07) is 9.95. The van der Waals surface area contributed by atoms with Gasteiger partial charge in [0.15, 0.2) is 0 Å². The Hall–Kier alpha value is -2.89. The molecule has 0 atom stereocenters. The van der Waals surface area contributed by atoms with Crippen molar-refractivity contribution < 1.29 is 9.18 Å². The molecular formula is C15H12FN3O2. The molecule has 2 aromatic carbocycles. The van der Waals surface area contributed by atoms with Crippen LogP contribution in [0.15, 0.2) is 47.3 Å². The monoisotopic (exact) mass is 285 g/mol. The van der Waals surface area contributed by atoms with Crippen LogP contribution in [-0.2, 0) is 7.05 Å². The van der Waals surface area contributed by atoms with Gasteiger partial charge in [0.05, 0.1) is 11.0 Å². The summed E-state index contributed by atoms with van der Waals surface area (Å²) in [5, 5.41) is 0. The molecule has 3 aromatic rings. The highest BCUT2D eigenvalue weighted by atomic mass is 19.1. The maximum Gasteiger partial charge on any atom is 0.335 e. The van der Waals surface area contributed by atoms with Crippen molar-refractivity contribution in [1.29, 1.82) is 0 Å². The minimum atomic E-state index is -0.517. The highest BCUT2D eigenvalue weighted by Crippen LogP contribution is 2.17. The molecule has 0 amide bonds. The van der Waals surface area contributed by atoms with E-state index in [1.54, 1.807) is 25.2 Å². The van der Waals surface area contributed by atoms with Crippen molar-refractivity contribution in [2.24, 2.45) is 7.05 Å². The second-order valence-corrected chi connectivity index (χ2v) is 4.74. The molecule has 1 aromatic heterocycles. The lowest BCUT2D eigenvalue weighted by molar-refractivity contribution is 0.0960. The second kappa shape index (κ2) is 4.59. The van der Waals surface area contributed by atoms with Gasteiger partial charge in [0.2, 0.25) is 0 Å². The molecule has 0 fully saturated rings. The molecule has 0 saturated heterocycles. The van der Waals surface area contributed by atoms with Crippen molar-refractivity contribution in [2.45, 2.75) is 0 Å². The van der Waals surface area contributed by atoms with Gasteiger partial charge in [-0.2, -0.15) is 0 Å². The SMILES string of the molecule is Cn1c(=O)n(C(=O)c2ccc(F)cc2)c2cc(N)ccc21. The van der Waals surface area contributed by atoms with Crippen LogP contribution in [0.1, 0.15) is 10.4 Å². The van der Waals surface area contributed by atoms with Crippen LogP contribution in [0.25, 0.3) is 11.0 Å². The van der Waals surface area contributed by atoms with Crippen LogP contribution in [0.2, 0.25) is 0 Å². The summed E-state index contributed by atoms with van der Waals surface area (Å²) in [4.78, 5) is 24.8. The largest absolute Gasteiger partial charge is 0.399 e. The predicted octanol–water partition coefficient (Wildman–Crippen LogP) is 1.75. The molecule has 106 valence electrons. The Morgan fingerprint density at radius 3 is 2.43 bits per heavy atom. The zero-order chi connectivity index (χ0) is 15.1. The predicted molar refractivity (Wildman–Crippen MR) is 77.7 cm³/mol. The third-order valence-electron chi connectivity index (χ3n) is 3.37. The summed E-state index contributed by atoms with van der Waals surface area (Å²) in [5.41, 5.74) is 6.97. The normalized spacial score (nSPS) is 11.0. The number of nitrogens with zero attached hydrogens (tertiary/aromatic N) is 2. The molecule has 2 N–H and O–H groups in total. The fraction of sp³-hybridized carbons (Fsp3) is 0.0667. The minimum Gasteiger partial charge on any atom is -0.399 e. The molecule has 3 rings (SSSR count). The van der Waals surface area contributed by atoms with E-state index in [1.807, 2.05) is 0 Å². The number of nitrogens with two attached hydrogens (primary N) is 1. The van der Waals surface area contributed by atoms with Crippen LogP contribution in [0, 0.1) is 5.82 Å². The lowest BCUT2D eigenvalue weighted by atomic mass is 10.2. The first-order chi connectivity index (χ1) is 9.99. The van der Waals surface area contributed by atoms with Crippen molar-refractivity contribution in [3.8, 4) is 0 Å². The number of hydrogen-bond donors (Lipinski definition) is 1. The van der Waals surface area contributed by atoms with E-state index in [4.69, 9.17) is 5.73 Å². The van der Waals surface area contributed by atoms with Gasteiger partial charge < -0.3 is 5.73 Å². The number of benzene rings is 2. The van der Waals surface area contributed by atoms with Crippen molar-refractivity contribution in [1.82, 2.24) is 9.13 Å². The minimum absolute atomic E-state index is 0.230. The van der Waals surface area contributed by atoms with Gasteiger partial charge >= 0.3 is 5.69 Å². The molecular weight excluding hydrogens is 273 g/mol. The number of aryl methyl sites for hydroxylation is 1. The second-order valence-electron chi connectivity index (χ2n) is 4.74. The average Bonchev–Trinajstić information content (AvgIpc) is 2.70. The third kappa shape index (κ3) is 2.01. The van der Waals surface area contributed by atoms with Gasteiger partial charge in [-0.1, -0.05) is 0 Å². The molecule has 1 heterocycles. The fourth-order valence-corrected chi connectivity index (χ4v) is 2.28. The molecule has 0 radical (unpaired) electrons. The van der Waals surface area contributed by atoms with Crippen molar-refractivity contribution in [3.63, 3.8) is 0 Å². The van der Waals surface area contributed by atoms with E-state index >= 15 is 0 Å². The first-order valence-electron chi connectivity index (χ1n) is 6.26. The van der Waals surface area contributed by atoms with Crippen LogP contribution in [-0.4, -0.2) is 15.0 Å². The van der Waals surface area contributed by atoms with Crippen LogP contribution in [0.3, 0.4) is 0 Å². The summed E-state index contributed by atoms with van der Waals surface area (Å²) >= 11 is 0. The number of carbonyl (C=O) groups is 1. The van der Waals surface area contributed by atoms with Gasteiger partial charge in [-0.3, -0.25) is 9.36 Å². The summed E-state index contributed by atoms with van der Waals surface area (Å²) < 4.78 is 15.4. The quantitative estimate of drug-likeness (QED) is 0.692. The number of rotatable bonds is 1. The first-order valence-corrected chi connectivity index (χ1v) is 6.26. The average molecular weight is 285 g/mol. The number of anilines is 1. The van der Waals surface area contributed by atoms with E-state index in [-0.39, 0.29) is 5.56 Å². The topological polar surface area (TPSA) is 70.0 Å². The molecule has 21 heavy (non-hydrogen) atoms. The molecule has 0 unspecified atom stereocenters. The van der Waals surface area contributed by atoms with E-state index in [0.717, 1.165) is 4.57 Å². The Bertz CT molecular complexity index is 907. The zero-order valence-electron chi connectivity index (χ0n) is 11.2. The summed E-state index contributed by atoms with van der Waals surface area (Å²) in [5.74, 6) is -0.961. The summed E-state index contributed by atoms with van der Waals surface area (Å²) in [6.45, 7) is 0. The Balaban J connectivity index is 2.27. The molecule has 0 spiro atoms. The molecule has 0 aliphatic rings. The Labute approximate surface area is 119 Å². The summed E-state index contributed by atoms with van der Waals surface area (Å²) in [6.07, 6.45) is 0. The zero-order valence-corrected chi connectivity index (χ0v) is 11.2. The number of nitrogen functional groups attached to an aromatic ring is 1. The van der Waals surface area contributed by atoms with Gasteiger partial charge in [0, 0.05) is 18.3 Å². The molecule has 0 bridgehead atoms. The third-order valence-corrected chi connectivity index (χ3v) is 3.37. The first kappa shape index (κ1) is 13.1. The van der Waals surface area contributed by atoms with Gasteiger partial charge in [-0.05, 0) is 42.5 Å². The number of halogens is 1. The summed E-state index contributed by atoms with van der Waals surface area (Å²) in [7, 11) is 1.58. The molecule has 6 heteroatoms. The van der Waals surface area contributed by atoms with Crippen molar-refractivity contribution in [3.05, 3.63) is 64.3 Å². The lowest BCUT2D eigenvalue weighted by Crippen LogP contribution is -2.28. The fourth-order valence-electron chi connectivity index (χ4n) is 2.28. The number of carbonyl (C=O) groups excluding carboxylic acids is 1. The Kier molecular flexibility index (Phi) is 2.86. The van der Waals surface area contributed by atoms with Crippen molar-refractivity contribution in [2.75, 3.05) is 5.73 Å². The van der Waals surface area contributed by atoms with Crippen LogP contribution in [0.5, 0.6) is 0 Å². The number of hydrogen-bond acceptors (Lipinski definition) is 3. The maximum absolute atomic E-state index is 12.9. The lowest BCUT2D eigenvalue weighted by Gasteiger charge is -2.03. The Morgan fingerprint density at radius 2 is 1.76 bits per heavy atom. The molecule has 0 aliphatic heterocycles. The van der Waals surface area contributed by atoms with E-state index in [0.29, 0.717) is 16.7 Å². The van der Waals surface area contributed by atoms with Gasteiger partial charge in [-0.15, -0.1) is 0 Å². The van der Waals surface area contributed by atoms with Gasteiger partial charge in [0.25, 0.3) is 5.91 Å². The number of fused-ring (bicyclic) bond motifs is 1. The van der Waals surface area contributed by atoms with Crippen LogP contribution < -0.4 is 11.4 Å². The Morgan fingerprint density at radius 1 is 1.10 bits per heavy atom. The molecule has 0 aliphatic carbocycles. The number of imidazole rings is 1. The van der Waals surface area contributed by atoms with Crippen LogP contribution in [0.4, 0.5) is 10.1 Å². The standard InChI is InChI=1S/C15H12FN3O2/c1-18-12-7-6-11(17)8-13(12)19(15(18)21)14(20)9-2-4-10(16)5-3-9/h2-8H,17H2,1H3. The van der Waals surface area contributed by atoms with Gasteiger partial charge in [0.1, 0.15) is 5.82 Å². The maximum atomic E-state index is 12.9. The van der Waals surface area contributed by atoms with E-state index < -0.39 is 17.4 Å². The van der Waals surface area contributed by atoms with E-state index in [1.165, 1.54) is 28.8 Å². The van der Waals surface area contributed by atoms with Gasteiger partial charge in [-0.25, -0.2) is 13.8 Å². The number of aromatic nitrogens is 2. The van der Waals surface area contributed by atoms with Crippen LogP contribution >= 0.6 is 0 Å². The van der Waals surface area contributed by atoms with E-state index in [2.05, 4.69) is 0 Å². The highest BCUT2D eigenvalue weighted by molar-refractivity contribution is 6.01. The molecule has 0 saturated carbocycles. The van der Waals surface area contributed by atoms with Crippen molar-refractivity contribution >= 4 is 22.6 Å². The molecule has 5 nitrogen and oxygen atoms in total. The highest BCUT2D eigenvalue weighted by Gasteiger charge is 2.18. The van der Waals surface area contributed by atoms with E-state index in [9.17, 15) is 14.0 Å². The smallest absolute Gasteiger partial charge is 0.335 e.